The van der Waals surface area contributed by atoms with Crippen molar-refractivity contribution in [2.24, 2.45) is 17.8 Å². The number of hydrogen-bond donors (Lipinski definition) is 1. The lowest BCUT2D eigenvalue weighted by Gasteiger charge is -2.33. The van der Waals surface area contributed by atoms with Crippen LogP contribution < -0.4 is 9.80 Å². The van der Waals surface area contributed by atoms with Gasteiger partial charge in [-0.25, -0.2) is 9.97 Å². The fourth-order valence-corrected chi connectivity index (χ4v) is 6.31. The maximum absolute atomic E-state index is 13.7. The van der Waals surface area contributed by atoms with Crippen LogP contribution in [0.2, 0.25) is 0 Å². The lowest BCUT2D eigenvalue weighted by Crippen LogP contribution is -2.42. The van der Waals surface area contributed by atoms with Crippen LogP contribution >= 0.6 is 11.3 Å². The van der Waals surface area contributed by atoms with Gasteiger partial charge in [-0.15, -0.1) is 11.3 Å². The van der Waals surface area contributed by atoms with Crippen LogP contribution in [-0.2, 0) is 14.4 Å². The summed E-state index contributed by atoms with van der Waals surface area (Å²) in [6, 6.07) is 11.7. The Kier molecular flexibility index (Phi) is 7.88. The Morgan fingerprint density at radius 3 is 2.56 bits per heavy atom. The van der Waals surface area contributed by atoms with Crippen molar-refractivity contribution < 1.29 is 19.5 Å². The number of aliphatic carboxylic acids is 1. The molecule has 0 saturated carbocycles. The molecule has 2 atom stereocenters. The molecule has 3 aromatic rings. The van der Waals surface area contributed by atoms with Crippen molar-refractivity contribution in [3.8, 4) is 22.4 Å². The van der Waals surface area contributed by atoms with E-state index in [0.29, 0.717) is 36.9 Å². The highest BCUT2D eigenvalue weighted by Gasteiger charge is 2.36. The Morgan fingerprint density at radius 2 is 1.90 bits per heavy atom. The second kappa shape index (κ2) is 11.5. The van der Waals surface area contributed by atoms with Crippen molar-refractivity contribution in [3.05, 3.63) is 60.1 Å². The first-order chi connectivity index (χ1) is 18.8. The molecule has 202 valence electrons. The first-order valence-corrected chi connectivity index (χ1v) is 14.2. The number of allylic oxidation sites excluding steroid dienone is 1. The number of anilines is 2. The summed E-state index contributed by atoms with van der Waals surface area (Å²) < 4.78 is 0. The Morgan fingerprint density at radius 1 is 1.10 bits per heavy atom. The summed E-state index contributed by atoms with van der Waals surface area (Å²) in [7, 11) is 0. The summed E-state index contributed by atoms with van der Waals surface area (Å²) in [6.07, 6.45) is 7.70. The van der Waals surface area contributed by atoms with Gasteiger partial charge in [0.25, 0.3) is 0 Å². The molecule has 0 spiro atoms. The van der Waals surface area contributed by atoms with Gasteiger partial charge in [-0.2, -0.15) is 0 Å². The number of pyridine rings is 1. The first-order valence-electron chi connectivity index (χ1n) is 13.3. The molecule has 9 heteroatoms. The van der Waals surface area contributed by atoms with E-state index in [-0.39, 0.29) is 30.1 Å². The third-order valence-electron chi connectivity index (χ3n) is 7.55. The van der Waals surface area contributed by atoms with Crippen LogP contribution in [0.15, 0.2) is 60.1 Å². The highest BCUT2D eigenvalue weighted by Crippen LogP contribution is 2.37. The summed E-state index contributed by atoms with van der Waals surface area (Å²) in [6.45, 7) is 5.12. The van der Waals surface area contributed by atoms with E-state index >= 15 is 0 Å². The van der Waals surface area contributed by atoms with Gasteiger partial charge in [0, 0.05) is 42.2 Å². The van der Waals surface area contributed by atoms with Gasteiger partial charge in [-0.3, -0.25) is 24.2 Å². The van der Waals surface area contributed by atoms with Crippen LogP contribution in [0.25, 0.3) is 22.4 Å². The summed E-state index contributed by atoms with van der Waals surface area (Å²) in [4.78, 5) is 50.2. The van der Waals surface area contributed by atoms with Crippen molar-refractivity contribution in [1.82, 2.24) is 9.97 Å². The highest BCUT2D eigenvalue weighted by molar-refractivity contribution is 7.14. The predicted molar refractivity (Wildman–Crippen MR) is 153 cm³/mol. The third-order valence-corrected chi connectivity index (χ3v) is 8.41. The molecule has 39 heavy (non-hydrogen) atoms. The van der Waals surface area contributed by atoms with Gasteiger partial charge >= 0.3 is 5.97 Å². The van der Waals surface area contributed by atoms with Crippen molar-refractivity contribution >= 4 is 40.1 Å². The van der Waals surface area contributed by atoms with Crippen LogP contribution in [0.5, 0.6) is 0 Å². The number of nitrogens with zero attached hydrogens (tertiary/aromatic N) is 4. The number of carboxylic acid groups (broad SMARTS) is 1. The molecule has 0 radical (unpaired) electrons. The first kappa shape index (κ1) is 26.7. The molecular formula is C30H32N4O4S. The van der Waals surface area contributed by atoms with E-state index in [1.807, 2.05) is 61.7 Å². The predicted octanol–water partition coefficient (Wildman–Crippen LogP) is 5.65. The van der Waals surface area contributed by atoms with Crippen molar-refractivity contribution in [2.45, 2.75) is 39.5 Å². The van der Waals surface area contributed by atoms with Gasteiger partial charge in [0.2, 0.25) is 11.8 Å². The maximum Gasteiger partial charge on any atom is 0.304 e. The Labute approximate surface area is 232 Å². The van der Waals surface area contributed by atoms with Gasteiger partial charge < -0.3 is 5.11 Å². The second-order valence-electron chi connectivity index (χ2n) is 10.4. The lowest BCUT2D eigenvalue weighted by atomic mass is 9.78. The van der Waals surface area contributed by atoms with Gasteiger partial charge in [-0.05, 0) is 42.4 Å². The number of aromatic nitrogens is 2. The molecular weight excluding hydrogens is 512 g/mol. The Bertz CT molecular complexity index is 1400. The molecule has 2 aliphatic heterocycles. The fraction of sp³-hybridized carbons (Fsp3) is 0.367. The minimum Gasteiger partial charge on any atom is -0.481 e. The molecule has 1 fully saturated rings. The fourth-order valence-electron chi connectivity index (χ4n) is 5.47. The molecule has 2 aromatic heterocycles. The molecule has 2 aliphatic rings. The summed E-state index contributed by atoms with van der Waals surface area (Å²) in [5, 5.41) is 12.0. The smallest absolute Gasteiger partial charge is 0.304 e. The average Bonchev–Trinajstić information content (AvgIpc) is 3.58. The molecule has 1 N–H and O–H groups in total. The average molecular weight is 545 g/mol. The highest BCUT2D eigenvalue weighted by atomic mass is 32.1. The topological polar surface area (TPSA) is 104 Å². The zero-order valence-electron chi connectivity index (χ0n) is 22.1. The minimum atomic E-state index is -0.967. The van der Waals surface area contributed by atoms with E-state index in [4.69, 9.17) is 4.98 Å². The van der Waals surface area contributed by atoms with E-state index in [1.165, 1.54) is 11.3 Å². The van der Waals surface area contributed by atoms with Crippen LogP contribution in [0, 0.1) is 17.8 Å². The monoisotopic (exact) mass is 544 g/mol. The van der Waals surface area contributed by atoms with E-state index in [9.17, 15) is 19.5 Å². The standard InChI is InChI=1S/C30H32N4O4S/c1-19(2)21-8-5-6-14-34(29(38)24(21)16-28(36)37)30-32-25(18-39-30)23-10-4-3-9-22(23)20-12-13-26(31-17-20)33-15-7-11-27(33)35/h3-6,9-10,12-13,17-19,21,24H,7-8,11,14-16H2,1-2H3,(H,36,37)/t21-,24+/m1/s1. The maximum atomic E-state index is 13.7. The van der Waals surface area contributed by atoms with Gasteiger partial charge in [0.1, 0.15) is 5.82 Å². The Hall–Kier alpha value is -3.85. The zero-order valence-corrected chi connectivity index (χ0v) is 22.9. The van der Waals surface area contributed by atoms with Crippen molar-refractivity contribution in [1.29, 1.82) is 0 Å². The number of hydrogen-bond acceptors (Lipinski definition) is 6. The largest absolute Gasteiger partial charge is 0.481 e. The number of amides is 2. The van der Waals surface area contributed by atoms with E-state index in [1.54, 1.807) is 16.0 Å². The van der Waals surface area contributed by atoms with Crippen LogP contribution in [-0.4, -0.2) is 45.9 Å². The molecule has 8 nitrogen and oxygen atoms in total. The molecule has 0 bridgehead atoms. The van der Waals surface area contributed by atoms with Gasteiger partial charge in [0.05, 0.1) is 18.0 Å². The zero-order chi connectivity index (χ0) is 27.5. The molecule has 0 unspecified atom stereocenters. The van der Waals surface area contributed by atoms with E-state index < -0.39 is 11.9 Å². The number of benzene rings is 1. The SMILES string of the molecule is CC(C)[C@H]1CC=CCN(c2nc(-c3ccccc3-c3ccc(N4CCCC4=O)nc3)cs2)C(=O)[C@H]1CC(=O)O. The number of carbonyl (C=O) groups excluding carboxylic acids is 2. The minimum absolute atomic E-state index is 0.0564. The molecule has 1 aromatic carbocycles. The van der Waals surface area contributed by atoms with E-state index in [0.717, 1.165) is 28.8 Å². The molecule has 0 aliphatic carbocycles. The van der Waals surface area contributed by atoms with E-state index in [2.05, 4.69) is 11.1 Å². The summed E-state index contributed by atoms with van der Waals surface area (Å²) >= 11 is 1.38. The van der Waals surface area contributed by atoms with Gasteiger partial charge in [0.15, 0.2) is 5.13 Å². The quantitative estimate of drug-likeness (QED) is 0.385. The number of thiazole rings is 1. The number of rotatable bonds is 7. The lowest BCUT2D eigenvalue weighted by molar-refractivity contribution is -0.142. The van der Waals surface area contributed by atoms with Crippen LogP contribution in [0.3, 0.4) is 0 Å². The number of carbonyl (C=O) groups is 3. The molecule has 5 rings (SSSR count). The van der Waals surface area contributed by atoms with Crippen LogP contribution in [0.1, 0.15) is 39.5 Å². The molecule has 4 heterocycles. The third kappa shape index (κ3) is 5.63. The van der Waals surface area contributed by atoms with Crippen LogP contribution in [0.4, 0.5) is 10.9 Å². The number of carboxylic acids is 1. The van der Waals surface area contributed by atoms with Gasteiger partial charge in [-0.1, -0.05) is 50.3 Å². The summed E-state index contributed by atoms with van der Waals surface area (Å²) in [5.74, 6) is -0.890. The molecule has 1 saturated heterocycles. The van der Waals surface area contributed by atoms with Crippen molar-refractivity contribution in [2.75, 3.05) is 22.9 Å². The normalized spacial score (nSPS) is 20.0. The summed E-state index contributed by atoms with van der Waals surface area (Å²) in [5.41, 5.74) is 3.49. The second-order valence-corrected chi connectivity index (χ2v) is 11.2. The van der Waals surface area contributed by atoms with Crippen molar-refractivity contribution in [3.63, 3.8) is 0 Å². The molecule has 2 amide bonds. The Balaban J connectivity index is 1.44.